The van der Waals surface area contributed by atoms with Gasteiger partial charge in [0.1, 0.15) is 5.75 Å². The zero-order chi connectivity index (χ0) is 22.9. The standard InChI is InChI=1S/C24H25ClF3NO3/c25-21-5-4-19(24(26,27)28)11-18(21)13-29-9-7-15(8-10-29)14-32-22-6-3-17(23(30)31)12-20(22)16-1-2-16/h3-6,11-12,15-16H,1-2,7-10,13-14H2,(H,30,31). The summed E-state index contributed by atoms with van der Waals surface area (Å²) in [5, 5.41) is 9.58. The van der Waals surface area contributed by atoms with E-state index in [1.165, 1.54) is 6.07 Å². The Hall–Kier alpha value is -2.25. The lowest BCUT2D eigenvalue weighted by Gasteiger charge is -2.32. The lowest BCUT2D eigenvalue weighted by Crippen LogP contribution is -2.35. The highest BCUT2D eigenvalue weighted by Crippen LogP contribution is 2.45. The molecule has 2 aromatic rings. The molecule has 1 aliphatic heterocycles. The Kier molecular flexibility index (Phi) is 6.67. The summed E-state index contributed by atoms with van der Waals surface area (Å²) in [6, 6.07) is 8.50. The maximum Gasteiger partial charge on any atom is 0.416 e. The van der Waals surface area contributed by atoms with E-state index < -0.39 is 17.7 Å². The summed E-state index contributed by atoms with van der Waals surface area (Å²) in [4.78, 5) is 13.4. The topological polar surface area (TPSA) is 49.8 Å². The number of aromatic carboxylic acids is 1. The Labute approximate surface area is 189 Å². The molecule has 2 fully saturated rings. The smallest absolute Gasteiger partial charge is 0.416 e. The van der Waals surface area contributed by atoms with Gasteiger partial charge in [0, 0.05) is 11.6 Å². The predicted molar refractivity (Wildman–Crippen MR) is 115 cm³/mol. The molecule has 2 aliphatic rings. The van der Waals surface area contributed by atoms with E-state index in [-0.39, 0.29) is 5.56 Å². The minimum Gasteiger partial charge on any atom is -0.493 e. The summed E-state index contributed by atoms with van der Waals surface area (Å²) in [5.74, 6) is 0.542. The zero-order valence-corrected chi connectivity index (χ0v) is 18.3. The Morgan fingerprint density at radius 2 is 1.81 bits per heavy atom. The number of hydrogen-bond donors (Lipinski definition) is 1. The van der Waals surface area contributed by atoms with Gasteiger partial charge in [-0.05, 0) is 98.1 Å². The molecule has 2 aromatic carbocycles. The van der Waals surface area contributed by atoms with E-state index in [2.05, 4.69) is 4.90 Å². The SMILES string of the molecule is O=C(O)c1ccc(OCC2CCN(Cc3cc(C(F)(F)F)ccc3Cl)CC2)c(C2CC2)c1. The molecule has 0 radical (unpaired) electrons. The van der Waals surface area contributed by atoms with Crippen molar-refractivity contribution in [2.24, 2.45) is 5.92 Å². The first-order valence-electron chi connectivity index (χ1n) is 10.8. The molecule has 1 heterocycles. The van der Waals surface area contributed by atoms with E-state index in [9.17, 15) is 23.1 Å². The number of carbonyl (C=O) groups is 1. The first kappa shape index (κ1) is 22.9. The third-order valence-corrected chi connectivity index (χ3v) is 6.59. The van der Waals surface area contributed by atoms with Crippen LogP contribution >= 0.6 is 11.6 Å². The van der Waals surface area contributed by atoms with Crippen molar-refractivity contribution in [3.8, 4) is 5.75 Å². The summed E-state index contributed by atoms with van der Waals surface area (Å²) in [5.41, 5.74) is 1.06. The number of rotatable bonds is 7. The average Bonchev–Trinajstić information content (AvgIpc) is 3.59. The molecule has 1 aliphatic carbocycles. The molecule has 8 heteroatoms. The van der Waals surface area contributed by atoms with Crippen molar-refractivity contribution < 1.29 is 27.8 Å². The fourth-order valence-electron chi connectivity index (χ4n) is 4.16. The predicted octanol–water partition coefficient (Wildman–Crippen LogP) is 6.23. The van der Waals surface area contributed by atoms with E-state index >= 15 is 0 Å². The fourth-order valence-corrected chi connectivity index (χ4v) is 4.34. The maximum atomic E-state index is 13.0. The first-order chi connectivity index (χ1) is 15.2. The Balaban J connectivity index is 1.31. The van der Waals surface area contributed by atoms with Crippen LogP contribution in [-0.2, 0) is 12.7 Å². The largest absolute Gasteiger partial charge is 0.493 e. The van der Waals surface area contributed by atoms with E-state index in [1.807, 2.05) is 0 Å². The van der Waals surface area contributed by atoms with Crippen molar-refractivity contribution in [3.63, 3.8) is 0 Å². The number of carboxylic acid groups (broad SMARTS) is 1. The quantitative estimate of drug-likeness (QED) is 0.524. The van der Waals surface area contributed by atoms with E-state index in [1.54, 1.807) is 18.2 Å². The molecular formula is C24H25ClF3NO3. The van der Waals surface area contributed by atoms with Crippen LogP contribution in [0.15, 0.2) is 36.4 Å². The molecule has 4 rings (SSSR count). The molecule has 1 saturated carbocycles. The third kappa shape index (κ3) is 5.56. The second-order valence-corrected chi connectivity index (χ2v) is 9.07. The second kappa shape index (κ2) is 9.32. The van der Waals surface area contributed by atoms with Crippen LogP contribution in [0.1, 0.15) is 58.6 Å². The van der Waals surface area contributed by atoms with Crippen molar-refractivity contribution in [2.45, 2.75) is 44.3 Å². The number of benzene rings is 2. The summed E-state index contributed by atoms with van der Waals surface area (Å²) in [7, 11) is 0. The van der Waals surface area contributed by atoms with Crippen molar-refractivity contribution in [1.29, 1.82) is 0 Å². The molecule has 0 bridgehead atoms. The fraction of sp³-hybridized carbons (Fsp3) is 0.458. The van der Waals surface area contributed by atoms with E-state index in [0.29, 0.717) is 35.6 Å². The molecule has 1 N–H and O–H groups in total. The number of hydrogen-bond acceptors (Lipinski definition) is 3. The van der Waals surface area contributed by atoms with Gasteiger partial charge in [0.15, 0.2) is 0 Å². The first-order valence-corrected chi connectivity index (χ1v) is 11.2. The van der Waals surface area contributed by atoms with Gasteiger partial charge in [-0.2, -0.15) is 13.2 Å². The van der Waals surface area contributed by atoms with Gasteiger partial charge in [0.05, 0.1) is 17.7 Å². The number of piperidine rings is 1. The van der Waals surface area contributed by atoms with Crippen molar-refractivity contribution >= 4 is 17.6 Å². The van der Waals surface area contributed by atoms with Crippen molar-refractivity contribution in [1.82, 2.24) is 4.90 Å². The Morgan fingerprint density at radius 3 is 2.44 bits per heavy atom. The number of alkyl halides is 3. The molecule has 1 saturated heterocycles. The molecule has 0 spiro atoms. The van der Waals surface area contributed by atoms with Gasteiger partial charge in [-0.3, -0.25) is 4.90 Å². The maximum absolute atomic E-state index is 13.0. The Morgan fingerprint density at radius 1 is 1.09 bits per heavy atom. The van der Waals surface area contributed by atoms with Crippen LogP contribution in [0, 0.1) is 5.92 Å². The van der Waals surface area contributed by atoms with Gasteiger partial charge >= 0.3 is 12.1 Å². The summed E-state index contributed by atoms with van der Waals surface area (Å²) in [6.07, 6.45) is -0.525. The number of carboxylic acids is 1. The highest BCUT2D eigenvalue weighted by molar-refractivity contribution is 6.31. The monoisotopic (exact) mass is 467 g/mol. The van der Waals surface area contributed by atoms with Gasteiger partial charge in [0.2, 0.25) is 0 Å². The molecule has 0 unspecified atom stereocenters. The lowest BCUT2D eigenvalue weighted by atomic mass is 9.97. The van der Waals surface area contributed by atoms with Gasteiger partial charge in [-0.1, -0.05) is 11.6 Å². The minimum absolute atomic E-state index is 0.279. The highest BCUT2D eigenvalue weighted by Gasteiger charge is 2.31. The molecule has 32 heavy (non-hydrogen) atoms. The highest BCUT2D eigenvalue weighted by atomic mass is 35.5. The number of ether oxygens (including phenoxy) is 1. The number of nitrogens with zero attached hydrogens (tertiary/aromatic N) is 1. The van der Waals surface area contributed by atoms with Gasteiger partial charge < -0.3 is 9.84 Å². The van der Waals surface area contributed by atoms with Gasteiger partial charge in [-0.25, -0.2) is 4.79 Å². The van der Waals surface area contributed by atoms with E-state index in [0.717, 1.165) is 62.2 Å². The molecule has 0 aromatic heterocycles. The molecule has 0 amide bonds. The molecular weight excluding hydrogens is 443 g/mol. The van der Waals surface area contributed by atoms with Crippen molar-refractivity contribution in [2.75, 3.05) is 19.7 Å². The van der Waals surface area contributed by atoms with Crippen LogP contribution in [0.25, 0.3) is 0 Å². The summed E-state index contributed by atoms with van der Waals surface area (Å²) in [6.45, 7) is 2.45. The zero-order valence-electron chi connectivity index (χ0n) is 17.5. The molecule has 4 nitrogen and oxygen atoms in total. The lowest BCUT2D eigenvalue weighted by molar-refractivity contribution is -0.137. The van der Waals surface area contributed by atoms with Crippen LogP contribution < -0.4 is 4.74 Å². The normalized spacial score (nSPS) is 18.0. The van der Waals surface area contributed by atoms with Crippen LogP contribution in [0.3, 0.4) is 0 Å². The van der Waals surface area contributed by atoms with Gasteiger partial charge in [-0.15, -0.1) is 0 Å². The number of halogens is 4. The Bertz CT molecular complexity index is 983. The second-order valence-electron chi connectivity index (χ2n) is 8.67. The minimum atomic E-state index is -4.38. The van der Waals surface area contributed by atoms with Crippen LogP contribution in [0.2, 0.25) is 5.02 Å². The van der Waals surface area contributed by atoms with Crippen LogP contribution in [0.5, 0.6) is 5.75 Å². The van der Waals surface area contributed by atoms with Gasteiger partial charge in [0.25, 0.3) is 0 Å². The third-order valence-electron chi connectivity index (χ3n) is 6.22. The summed E-state index contributed by atoms with van der Waals surface area (Å²) < 4.78 is 45.1. The van der Waals surface area contributed by atoms with Crippen LogP contribution in [0.4, 0.5) is 13.2 Å². The molecule has 0 atom stereocenters. The van der Waals surface area contributed by atoms with Crippen molar-refractivity contribution in [3.05, 3.63) is 63.7 Å². The molecule has 172 valence electrons. The average molecular weight is 468 g/mol. The summed E-state index contributed by atoms with van der Waals surface area (Å²) >= 11 is 6.14. The van der Waals surface area contributed by atoms with E-state index in [4.69, 9.17) is 16.3 Å². The number of likely N-dealkylation sites (tertiary alicyclic amines) is 1. The van der Waals surface area contributed by atoms with Crippen LogP contribution in [-0.4, -0.2) is 35.7 Å².